The molecule has 0 spiro atoms. The molecule has 0 heterocycles. The average molecular weight is 254 g/mol. The summed E-state index contributed by atoms with van der Waals surface area (Å²) in [7, 11) is 0. The fourth-order valence-electron chi connectivity index (χ4n) is 2.26. The smallest absolute Gasteiger partial charge is 0.126 e. The quantitative estimate of drug-likeness (QED) is 0.792. The van der Waals surface area contributed by atoms with Crippen LogP contribution in [-0.2, 0) is 11.2 Å². The van der Waals surface area contributed by atoms with Crippen LogP contribution in [0.4, 0.5) is 8.78 Å². The molecule has 2 atom stereocenters. The van der Waals surface area contributed by atoms with Crippen LogP contribution in [0.2, 0.25) is 0 Å². The predicted octanol–water partition coefficient (Wildman–Crippen LogP) is 2.48. The van der Waals surface area contributed by atoms with Crippen LogP contribution in [0.5, 0.6) is 0 Å². The first-order valence-corrected chi connectivity index (χ1v) is 6.18. The lowest BCUT2D eigenvalue weighted by Gasteiger charge is -2.16. The van der Waals surface area contributed by atoms with E-state index in [0.29, 0.717) is 24.3 Å². The zero-order valence-electron chi connectivity index (χ0n) is 9.98. The lowest BCUT2D eigenvalue weighted by atomic mass is 9.93. The molecule has 1 aliphatic carbocycles. The van der Waals surface area contributed by atoms with Gasteiger partial charge in [-0.3, -0.25) is 0 Å². The maximum atomic E-state index is 13.0. The highest BCUT2D eigenvalue weighted by Crippen LogP contribution is 2.38. The normalized spacial score (nSPS) is 18.4. The lowest BCUT2D eigenvalue weighted by Crippen LogP contribution is -2.24. The second kappa shape index (κ2) is 5.57. The third-order valence-electron chi connectivity index (χ3n) is 3.42. The lowest BCUT2D eigenvalue weighted by molar-refractivity contribution is -0.115. The fourth-order valence-corrected chi connectivity index (χ4v) is 2.26. The van der Waals surface area contributed by atoms with E-state index in [1.54, 1.807) is 0 Å². The monoisotopic (exact) mass is 254 g/mol. The first-order valence-electron chi connectivity index (χ1n) is 6.18. The van der Waals surface area contributed by atoms with Crippen LogP contribution in [0.3, 0.4) is 0 Å². The Kier molecular flexibility index (Phi) is 4.07. The largest absolute Gasteiger partial charge is 0.392 e. The number of carbonyl (C=O) groups is 1. The number of benzene rings is 1. The number of hydrogen-bond donors (Lipinski definition) is 1. The van der Waals surface area contributed by atoms with Crippen molar-refractivity contribution in [1.82, 2.24) is 0 Å². The van der Waals surface area contributed by atoms with Gasteiger partial charge in [-0.2, -0.15) is 0 Å². The molecule has 1 aromatic rings. The Balaban J connectivity index is 1.91. The standard InChI is InChI=1S/C14H16F2O2/c15-11-5-9(6-12(16)7-11)1-4-14(18)13(8-17)10-2-3-10/h5-8,10,13-14,18H,1-4H2/t13-,14?/m1/s1. The highest BCUT2D eigenvalue weighted by Gasteiger charge is 2.35. The van der Waals surface area contributed by atoms with E-state index in [0.717, 1.165) is 25.2 Å². The summed E-state index contributed by atoms with van der Waals surface area (Å²) in [6.45, 7) is 0. The molecular weight excluding hydrogens is 238 g/mol. The maximum Gasteiger partial charge on any atom is 0.126 e. The molecule has 2 nitrogen and oxygen atoms in total. The molecular formula is C14H16F2O2. The Labute approximate surface area is 105 Å². The molecule has 0 bridgehead atoms. The number of halogens is 2. The van der Waals surface area contributed by atoms with Crippen LogP contribution in [0, 0.1) is 23.5 Å². The van der Waals surface area contributed by atoms with E-state index in [4.69, 9.17) is 0 Å². The van der Waals surface area contributed by atoms with Crippen LogP contribution in [0.15, 0.2) is 18.2 Å². The Bertz CT molecular complexity index is 410. The van der Waals surface area contributed by atoms with E-state index >= 15 is 0 Å². The van der Waals surface area contributed by atoms with Gasteiger partial charge < -0.3 is 9.90 Å². The molecule has 1 N–H and O–H groups in total. The molecule has 4 heteroatoms. The van der Waals surface area contributed by atoms with E-state index in [1.807, 2.05) is 0 Å². The van der Waals surface area contributed by atoms with Crippen molar-refractivity contribution in [2.45, 2.75) is 31.8 Å². The van der Waals surface area contributed by atoms with Crippen molar-refractivity contribution in [1.29, 1.82) is 0 Å². The van der Waals surface area contributed by atoms with Gasteiger partial charge in [0.25, 0.3) is 0 Å². The van der Waals surface area contributed by atoms with Gasteiger partial charge in [-0.05, 0) is 49.3 Å². The van der Waals surface area contributed by atoms with Gasteiger partial charge >= 0.3 is 0 Å². The zero-order valence-corrected chi connectivity index (χ0v) is 9.98. The minimum Gasteiger partial charge on any atom is -0.392 e. The van der Waals surface area contributed by atoms with Crippen LogP contribution >= 0.6 is 0 Å². The van der Waals surface area contributed by atoms with Crippen molar-refractivity contribution in [2.75, 3.05) is 0 Å². The SMILES string of the molecule is O=C[C@@H](C(O)CCc1cc(F)cc(F)c1)C1CC1. The van der Waals surface area contributed by atoms with E-state index in [1.165, 1.54) is 12.1 Å². The van der Waals surface area contributed by atoms with Gasteiger partial charge in [-0.1, -0.05) is 0 Å². The van der Waals surface area contributed by atoms with Crippen molar-refractivity contribution < 1.29 is 18.7 Å². The number of carbonyl (C=O) groups excluding carboxylic acids is 1. The molecule has 0 aliphatic heterocycles. The summed E-state index contributed by atoms with van der Waals surface area (Å²) < 4.78 is 25.9. The summed E-state index contributed by atoms with van der Waals surface area (Å²) >= 11 is 0. The van der Waals surface area contributed by atoms with E-state index in [9.17, 15) is 18.7 Å². The number of aliphatic hydroxyl groups excluding tert-OH is 1. The minimum absolute atomic E-state index is 0.293. The maximum absolute atomic E-state index is 13.0. The molecule has 0 saturated heterocycles. The number of aliphatic hydroxyl groups is 1. The van der Waals surface area contributed by atoms with Gasteiger partial charge in [0.15, 0.2) is 0 Å². The molecule has 0 amide bonds. The second-order valence-electron chi connectivity index (χ2n) is 4.93. The number of rotatable bonds is 6. The molecule has 1 aromatic carbocycles. The van der Waals surface area contributed by atoms with Gasteiger partial charge in [-0.25, -0.2) is 8.78 Å². The van der Waals surface area contributed by atoms with Crippen LogP contribution in [0.25, 0.3) is 0 Å². The molecule has 1 unspecified atom stereocenters. The number of aldehydes is 1. The van der Waals surface area contributed by atoms with Gasteiger partial charge in [-0.15, -0.1) is 0 Å². The van der Waals surface area contributed by atoms with E-state index in [2.05, 4.69) is 0 Å². The molecule has 1 aliphatic rings. The highest BCUT2D eigenvalue weighted by atomic mass is 19.1. The second-order valence-corrected chi connectivity index (χ2v) is 4.93. The predicted molar refractivity (Wildman–Crippen MR) is 63.0 cm³/mol. The molecule has 18 heavy (non-hydrogen) atoms. The Morgan fingerprint density at radius 2 is 1.89 bits per heavy atom. The van der Waals surface area contributed by atoms with Crippen molar-refractivity contribution >= 4 is 6.29 Å². The Morgan fingerprint density at radius 1 is 1.28 bits per heavy atom. The topological polar surface area (TPSA) is 37.3 Å². The van der Waals surface area contributed by atoms with Crippen molar-refractivity contribution in [3.8, 4) is 0 Å². The first kappa shape index (κ1) is 13.1. The van der Waals surface area contributed by atoms with Gasteiger partial charge in [0, 0.05) is 12.0 Å². The molecule has 98 valence electrons. The summed E-state index contributed by atoms with van der Waals surface area (Å²) in [6.07, 6.45) is 2.76. The minimum atomic E-state index is -0.721. The summed E-state index contributed by atoms with van der Waals surface area (Å²) in [6, 6.07) is 3.32. The highest BCUT2D eigenvalue weighted by molar-refractivity contribution is 5.55. The van der Waals surface area contributed by atoms with Crippen molar-refractivity contribution in [3.63, 3.8) is 0 Å². The molecule has 2 rings (SSSR count). The first-order chi connectivity index (χ1) is 8.60. The summed E-state index contributed by atoms with van der Waals surface area (Å²) in [5.74, 6) is -1.27. The number of hydrogen-bond acceptors (Lipinski definition) is 2. The average Bonchev–Trinajstić information content (AvgIpc) is 3.10. The Hall–Kier alpha value is -1.29. The van der Waals surface area contributed by atoms with Gasteiger partial charge in [0.2, 0.25) is 0 Å². The van der Waals surface area contributed by atoms with Crippen molar-refractivity contribution in [2.24, 2.45) is 11.8 Å². The van der Waals surface area contributed by atoms with Gasteiger partial charge in [0.1, 0.15) is 17.9 Å². The van der Waals surface area contributed by atoms with E-state index in [-0.39, 0.29) is 5.92 Å². The fraction of sp³-hybridized carbons (Fsp3) is 0.500. The third kappa shape index (κ3) is 3.35. The molecule has 0 radical (unpaired) electrons. The van der Waals surface area contributed by atoms with Crippen LogP contribution < -0.4 is 0 Å². The number of aryl methyl sites for hydroxylation is 1. The van der Waals surface area contributed by atoms with Crippen LogP contribution in [-0.4, -0.2) is 17.5 Å². The van der Waals surface area contributed by atoms with E-state index < -0.39 is 17.7 Å². The van der Waals surface area contributed by atoms with Crippen molar-refractivity contribution in [3.05, 3.63) is 35.4 Å². The molecule has 1 fully saturated rings. The molecule has 0 aromatic heterocycles. The summed E-state index contributed by atoms with van der Waals surface area (Å²) in [5.41, 5.74) is 0.506. The van der Waals surface area contributed by atoms with Gasteiger partial charge in [0.05, 0.1) is 6.10 Å². The van der Waals surface area contributed by atoms with Crippen LogP contribution in [0.1, 0.15) is 24.8 Å². The zero-order chi connectivity index (χ0) is 13.1. The molecule has 1 saturated carbocycles. The summed E-state index contributed by atoms with van der Waals surface area (Å²) in [4.78, 5) is 10.9. The Morgan fingerprint density at radius 3 is 2.39 bits per heavy atom. The third-order valence-corrected chi connectivity index (χ3v) is 3.42. The summed E-state index contributed by atoms with van der Waals surface area (Å²) in [5, 5.41) is 9.90.